The van der Waals surface area contributed by atoms with Crippen LogP contribution in [0.1, 0.15) is 21.6 Å². The number of carbonyl (C=O) groups is 1. The Hall–Kier alpha value is -3.81. The Bertz CT molecular complexity index is 962. The Labute approximate surface area is 148 Å². The van der Waals surface area contributed by atoms with Crippen LogP contribution in [0, 0.1) is 17.0 Å². The predicted molar refractivity (Wildman–Crippen MR) is 96.9 cm³/mol. The van der Waals surface area contributed by atoms with Crippen molar-refractivity contribution in [2.24, 2.45) is 5.10 Å². The number of hydrogen-bond donors (Lipinski definition) is 2. The summed E-state index contributed by atoms with van der Waals surface area (Å²) in [5.41, 5.74) is 5.70. The Morgan fingerprint density at radius 1 is 1.19 bits per heavy atom. The average Bonchev–Trinajstić information content (AvgIpc) is 3.04. The first-order valence-electron chi connectivity index (χ1n) is 7.74. The van der Waals surface area contributed by atoms with Gasteiger partial charge < -0.3 is 0 Å². The van der Waals surface area contributed by atoms with E-state index in [0.29, 0.717) is 17.0 Å². The number of carbonyl (C=O) groups excluding carboxylic acids is 1. The molecule has 26 heavy (non-hydrogen) atoms. The largest absolute Gasteiger partial charge is 0.289 e. The van der Waals surface area contributed by atoms with Crippen LogP contribution in [0.3, 0.4) is 0 Å². The molecule has 0 fully saturated rings. The normalized spacial score (nSPS) is 10.8. The third-order valence-electron chi connectivity index (χ3n) is 3.77. The zero-order chi connectivity index (χ0) is 18.5. The third kappa shape index (κ3) is 3.64. The van der Waals surface area contributed by atoms with Crippen LogP contribution < -0.4 is 5.43 Å². The number of benzene rings is 2. The summed E-state index contributed by atoms with van der Waals surface area (Å²) < 4.78 is 0. The standard InChI is InChI=1S/C18H15N5O3/c1-12-16(14-5-3-2-4-6-14)20-21-17(12)18(24)22-19-11-13-7-9-15(10-8-13)23(25)26/h2-11H,1H3,(H,20,21)(H,22,24)/b19-11-. The summed E-state index contributed by atoms with van der Waals surface area (Å²) in [6.07, 6.45) is 1.41. The topological polar surface area (TPSA) is 113 Å². The Morgan fingerprint density at radius 2 is 1.88 bits per heavy atom. The van der Waals surface area contributed by atoms with Crippen LogP contribution >= 0.6 is 0 Å². The maximum Gasteiger partial charge on any atom is 0.289 e. The van der Waals surface area contributed by atoms with E-state index in [2.05, 4.69) is 20.7 Å². The second kappa shape index (κ2) is 7.39. The summed E-state index contributed by atoms with van der Waals surface area (Å²) in [6.45, 7) is 1.81. The fourth-order valence-electron chi connectivity index (χ4n) is 2.40. The van der Waals surface area contributed by atoms with E-state index in [1.54, 1.807) is 19.1 Å². The average molecular weight is 349 g/mol. The van der Waals surface area contributed by atoms with E-state index in [0.717, 1.165) is 11.1 Å². The first-order chi connectivity index (χ1) is 12.6. The molecule has 3 rings (SSSR count). The van der Waals surface area contributed by atoms with Gasteiger partial charge in [0.15, 0.2) is 0 Å². The molecule has 8 nitrogen and oxygen atoms in total. The number of aromatic amines is 1. The zero-order valence-electron chi connectivity index (χ0n) is 13.8. The number of rotatable bonds is 5. The van der Waals surface area contributed by atoms with E-state index in [1.165, 1.54) is 18.3 Å². The van der Waals surface area contributed by atoms with E-state index in [4.69, 9.17) is 0 Å². The second-order valence-corrected chi connectivity index (χ2v) is 5.49. The number of hydrogen-bond acceptors (Lipinski definition) is 5. The van der Waals surface area contributed by atoms with Gasteiger partial charge >= 0.3 is 0 Å². The molecule has 1 heterocycles. The lowest BCUT2D eigenvalue weighted by Gasteiger charge is -2.00. The van der Waals surface area contributed by atoms with Crippen molar-refractivity contribution in [3.05, 3.63) is 81.5 Å². The number of non-ortho nitro benzene ring substituents is 1. The van der Waals surface area contributed by atoms with Gasteiger partial charge in [-0.3, -0.25) is 20.0 Å². The van der Waals surface area contributed by atoms with Crippen molar-refractivity contribution < 1.29 is 9.72 Å². The molecule has 0 spiro atoms. The zero-order valence-corrected chi connectivity index (χ0v) is 13.8. The lowest BCUT2D eigenvalue weighted by molar-refractivity contribution is -0.384. The first kappa shape index (κ1) is 17.0. The van der Waals surface area contributed by atoms with E-state index in [1.807, 2.05) is 30.3 Å². The molecule has 0 unspecified atom stereocenters. The van der Waals surface area contributed by atoms with Crippen LogP contribution in [0.5, 0.6) is 0 Å². The Balaban J connectivity index is 1.69. The monoisotopic (exact) mass is 349 g/mol. The molecule has 0 atom stereocenters. The molecule has 1 amide bonds. The summed E-state index contributed by atoms with van der Waals surface area (Å²) in [7, 11) is 0. The minimum absolute atomic E-state index is 0.00675. The van der Waals surface area contributed by atoms with Gasteiger partial charge in [0.25, 0.3) is 11.6 Å². The Morgan fingerprint density at radius 3 is 2.54 bits per heavy atom. The smallest absolute Gasteiger partial charge is 0.272 e. The minimum Gasteiger partial charge on any atom is -0.272 e. The van der Waals surface area contributed by atoms with E-state index < -0.39 is 10.8 Å². The minimum atomic E-state index is -0.478. The van der Waals surface area contributed by atoms with Crippen LogP contribution in [-0.4, -0.2) is 27.2 Å². The third-order valence-corrected chi connectivity index (χ3v) is 3.77. The van der Waals surface area contributed by atoms with Crippen molar-refractivity contribution in [3.63, 3.8) is 0 Å². The van der Waals surface area contributed by atoms with Gasteiger partial charge in [-0.15, -0.1) is 0 Å². The molecule has 0 bridgehead atoms. The van der Waals surface area contributed by atoms with Crippen molar-refractivity contribution >= 4 is 17.8 Å². The van der Waals surface area contributed by atoms with Crippen molar-refractivity contribution in [1.29, 1.82) is 0 Å². The molecule has 0 saturated heterocycles. The van der Waals surface area contributed by atoms with Gasteiger partial charge in [-0.1, -0.05) is 30.3 Å². The SMILES string of the molecule is Cc1c(-c2ccccc2)n[nH]c1C(=O)N/N=C\c1ccc([N+](=O)[O-])cc1. The molecule has 8 heteroatoms. The second-order valence-electron chi connectivity index (χ2n) is 5.49. The van der Waals surface area contributed by atoms with Crippen molar-refractivity contribution in [2.45, 2.75) is 6.92 Å². The Kier molecular flexibility index (Phi) is 4.84. The van der Waals surface area contributed by atoms with Gasteiger partial charge in [0.05, 0.1) is 16.8 Å². The molecule has 2 N–H and O–H groups in total. The fraction of sp³-hybridized carbons (Fsp3) is 0.0556. The molecular formula is C18H15N5O3. The molecular weight excluding hydrogens is 334 g/mol. The van der Waals surface area contributed by atoms with E-state index in [-0.39, 0.29) is 5.69 Å². The number of H-pyrrole nitrogens is 1. The van der Waals surface area contributed by atoms with Crippen molar-refractivity contribution in [1.82, 2.24) is 15.6 Å². The summed E-state index contributed by atoms with van der Waals surface area (Å²) in [5, 5.41) is 21.4. The fourth-order valence-corrected chi connectivity index (χ4v) is 2.40. The first-order valence-corrected chi connectivity index (χ1v) is 7.74. The molecule has 2 aromatic carbocycles. The van der Waals surface area contributed by atoms with Crippen molar-refractivity contribution in [3.8, 4) is 11.3 Å². The molecule has 0 saturated carbocycles. The molecule has 1 aromatic heterocycles. The predicted octanol–water partition coefficient (Wildman–Crippen LogP) is 3.06. The number of nitro groups is 1. The maximum absolute atomic E-state index is 12.3. The number of amides is 1. The molecule has 0 aliphatic rings. The molecule has 130 valence electrons. The highest BCUT2D eigenvalue weighted by atomic mass is 16.6. The lowest BCUT2D eigenvalue weighted by Crippen LogP contribution is -2.19. The quantitative estimate of drug-likeness (QED) is 0.418. The lowest BCUT2D eigenvalue weighted by atomic mass is 10.1. The number of aromatic nitrogens is 2. The van der Waals surface area contributed by atoms with Crippen LogP contribution in [0.25, 0.3) is 11.3 Å². The van der Waals surface area contributed by atoms with Crippen LogP contribution in [0.15, 0.2) is 59.7 Å². The number of nitrogens with one attached hydrogen (secondary N) is 2. The van der Waals surface area contributed by atoms with Gasteiger partial charge in [0.2, 0.25) is 0 Å². The van der Waals surface area contributed by atoms with Crippen LogP contribution in [0.2, 0.25) is 0 Å². The van der Waals surface area contributed by atoms with Crippen molar-refractivity contribution in [2.75, 3.05) is 0 Å². The van der Waals surface area contributed by atoms with E-state index in [9.17, 15) is 14.9 Å². The summed E-state index contributed by atoms with van der Waals surface area (Å²) in [6, 6.07) is 15.4. The van der Waals surface area contributed by atoms with Gasteiger partial charge in [0.1, 0.15) is 5.69 Å². The molecule has 0 aliphatic carbocycles. The summed E-state index contributed by atoms with van der Waals surface area (Å²) in [5.74, 6) is -0.421. The van der Waals surface area contributed by atoms with E-state index >= 15 is 0 Å². The van der Waals surface area contributed by atoms with Gasteiger partial charge in [-0.2, -0.15) is 10.2 Å². The van der Waals surface area contributed by atoms with Crippen LogP contribution in [-0.2, 0) is 0 Å². The van der Waals surface area contributed by atoms with Gasteiger partial charge in [-0.05, 0) is 24.6 Å². The molecule has 0 radical (unpaired) electrons. The summed E-state index contributed by atoms with van der Waals surface area (Å²) in [4.78, 5) is 22.4. The highest BCUT2D eigenvalue weighted by Crippen LogP contribution is 2.22. The maximum atomic E-state index is 12.3. The molecule has 0 aliphatic heterocycles. The van der Waals surface area contributed by atoms with Gasteiger partial charge in [0, 0.05) is 23.3 Å². The molecule has 3 aromatic rings. The highest BCUT2D eigenvalue weighted by molar-refractivity contribution is 5.95. The number of nitrogens with zero attached hydrogens (tertiary/aromatic N) is 3. The number of hydrazone groups is 1. The number of nitro benzene ring substituents is 1. The van der Waals surface area contributed by atoms with Crippen LogP contribution in [0.4, 0.5) is 5.69 Å². The van der Waals surface area contributed by atoms with Gasteiger partial charge in [-0.25, -0.2) is 5.43 Å². The summed E-state index contributed by atoms with van der Waals surface area (Å²) >= 11 is 0. The highest BCUT2D eigenvalue weighted by Gasteiger charge is 2.16.